The lowest BCUT2D eigenvalue weighted by molar-refractivity contribution is -0.122. The summed E-state index contributed by atoms with van der Waals surface area (Å²) in [6, 6.07) is 5.56. The van der Waals surface area contributed by atoms with Crippen LogP contribution in [0.4, 0.5) is 5.69 Å². The molecule has 5 heteroatoms. The van der Waals surface area contributed by atoms with Crippen LogP contribution in [0.25, 0.3) is 0 Å². The standard InChI is InChI=1S/C15H23BrN2O2/c1-5-11(6-2)18-15(19)10(3)17-14-9-12(20-4)7-8-13(14)16/h7-11,17H,5-6H2,1-4H3,(H,18,19). The normalized spacial score (nSPS) is 12.1. The largest absolute Gasteiger partial charge is 0.497 e. The van der Waals surface area contributed by atoms with Crippen molar-refractivity contribution in [3.05, 3.63) is 22.7 Å². The number of benzene rings is 1. The summed E-state index contributed by atoms with van der Waals surface area (Å²) < 4.78 is 6.09. The number of carbonyl (C=O) groups excluding carboxylic acids is 1. The molecule has 0 saturated carbocycles. The van der Waals surface area contributed by atoms with Crippen LogP contribution in [0, 0.1) is 0 Å². The molecular formula is C15H23BrN2O2. The number of ether oxygens (including phenoxy) is 1. The zero-order valence-corrected chi connectivity index (χ0v) is 14.1. The molecule has 1 aromatic rings. The van der Waals surface area contributed by atoms with E-state index in [9.17, 15) is 4.79 Å². The Labute approximate surface area is 129 Å². The summed E-state index contributed by atoms with van der Waals surface area (Å²) in [5.41, 5.74) is 0.844. The first-order valence-corrected chi connectivity index (χ1v) is 7.71. The van der Waals surface area contributed by atoms with Crippen LogP contribution < -0.4 is 15.4 Å². The van der Waals surface area contributed by atoms with E-state index in [2.05, 4.69) is 40.4 Å². The molecule has 20 heavy (non-hydrogen) atoms. The minimum absolute atomic E-state index is 0.00780. The minimum Gasteiger partial charge on any atom is -0.497 e. The first-order valence-electron chi connectivity index (χ1n) is 6.92. The van der Waals surface area contributed by atoms with Gasteiger partial charge in [-0.25, -0.2) is 0 Å². The Bertz CT molecular complexity index is 447. The molecule has 0 aromatic heterocycles. The van der Waals surface area contributed by atoms with Crippen molar-refractivity contribution in [1.29, 1.82) is 0 Å². The third-order valence-electron chi connectivity index (χ3n) is 3.27. The number of rotatable bonds is 7. The van der Waals surface area contributed by atoms with Gasteiger partial charge in [-0.3, -0.25) is 4.79 Å². The zero-order chi connectivity index (χ0) is 15.1. The molecule has 1 rings (SSSR count). The lowest BCUT2D eigenvalue weighted by Crippen LogP contribution is -2.42. The van der Waals surface area contributed by atoms with Gasteiger partial charge < -0.3 is 15.4 Å². The number of methoxy groups -OCH3 is 1. The summed E-state index contributed by atoms with van der Waals surface area (Å²) in [4.78, 5) is 12.1. The molecule has 0 aliphatic carbocycles. The summed E-state index contributed by atoms with van der Waals surface area (Å²) in [5, 5.41) is 6.24. The van der Waals surface area contributed by atoms with E-state index in [1.807, 2.05) is 25.1 Å². The van der Waals surface area contributed by atoms with E-state index in [-0.39, 0.29) is 18.0 Å². The van der Waals surface area contributed by atoms with Crippen LogP contribution in [-0.4, -0.2) is 25.1 Å². The van der Waals surface area contributed by atoms with Crippen molar-refractivity contribution in [2.24, 2.45) is 0 Å². The van der Waals surface area contributed by atoms with Gasteiger partial charge >= 0.3 is 0 Å². The highest BCUT2D eigenvalue weighted by atomic mass is 79.9. The van der Waals surface area contributed by atoms with Crippen LogP contribution in [0.2, 0.25) is 0 Å². The van der Waals surface area contributed by atoms with E-state index in [0.29, 0.717) is 0 Å². The Morgan fingerprint density at radius 1 is 1.35 bits per heavy atom. The van der Waals surface area contributed by atoms with E-state index in [1.54, 1.807) is 7.11 Å². The van der Waals surface area contributed by atoms with Gasteiger partial charge in [-0.1, -0.05) is 13.8 Å². The van der Waals surface area contributed by atoms with Crippen LogP contribution in [0.1, 0.15) is 33.6 Å². The van der Waals surface area contributed by atoms with Gasteiger partial charge in [-0.2, -0.15) is 0 Å². The molecule has 0 fully saturated rings. The van der Waals surface area contributed by atoms with E-state index in [0.717, 1.165) is 28.8 Å². The van der Waals surface area contributed by atoms with E-state index >= 15 is 0 Å². The number of nitrogens with one attached hydrogen (secondary N) is 2. The van der Waals surface area contributed by atoms with E-state index < -0.39 is 0 Å². The van der Waals surface area contributed by atoms with Crippen molar-refractivity contribution in [3.63, 3.8) is 0 Å². The predicted molar refractivity (Wildman–Crippen MR) is 86.3 cm³/mol. The molecule has 0 saturated heterocycles. The number of anilines is 1. The van der Waals surface area contributed by atoms with Crippen LogP contribution >= 0.6 is 15.9 Å². The maximum Gasteiger partial charge on any atom is 0.242 e. The van der Waals surface area contributed by atoms with E-state index in [1.165, 1.54) is 0 Å². The summed E-state index contributed by atoms with van der Waals surface area (Å²) in [6.45, 7) is 6.00. The smallest absolute Gasteiger partial charge is 0.242 e. The monoisotopic (exact) mass is 342 g/mol. The fraction of sp³-hybridized carbons (Fsp3) is 0.533. The van der Waals surface area contributed by atoms with Gasteiger partial charge in [0.25, 0.3) is 0 Å². The zero-order valence-electron chi connectivity index (χ0n) is 12.5. The summed E-state index contributed by atoms with van der Waals surface area (Å²) in [7, 11) is 1.62. The highest BCUT2D eigenvalue weighted by molar-refractivity contribution is 9.10. The third kappa shape index (κ3) is 4.71. The molecule has 0 radical (unpaired) electrons. The Kier molecular flexibility index (Phi) is 6.85. The third-order valence-corrected chi connectivity index (χ3v) is 3.96. The minimum atomic E-state index is -0.306. The molecule has 0 spiro atoms. The number of hydrogen-bond donors (Lipinski definition) is 2. The van der Waals surface area contributed by atoms with Gasteiger partial charge in [0.1, 0.15) is 11.8 Å². The van der Waals surface area contributed by atoms with Crippen LogP contribution in [0.15, 0.2) is 22.7 Å². The molecule has 1 amide bonds. The fourth-order valence-corrected chi connectivity index (χ4v) is 2.22. The highest BCUT2D eigenvalue weighted by Crippen LogP contribution is 2.27. The van der Waals surface area contributed by atoms with Crippen LogP contribution in [0.3, 0.4) is 0 Å². The van der Waals surface area contributed by atoms with Crippen molar-refractivity contribution >= 4 is 27.5 Å². The van der Waals surface area contributed by atoms with Crippen molar-refractivity contribution < 1.29 is 9.53 Å². The number of halogens is 1. The Morgan fingerprint density at radius 2 is 2.00 bits per heavy atom. The highest BCUT2D eigenvalue weighted by Gasteiger charge is 2.16. The first kappa shape index (κ1) is 16.8. The second-order valence-electron chi connectivity index (χ2n) is 4.73. The molecular weight excluding hydrogens is 320 g/mol. The fourth-order valence-electron chi connectivity index (χ4n) is 1.86. The number of amides is 1. The topological polar surface area (TPSA) is 50.4 Å². The lowest BCUT2D eigenvalue weighted by Gasteiger charge is -2.20. The molecule has 0 bridgehead atoms. The maximum atomic E-state index is 12.1. The molecule has 1 unspecified atom stereocenters. The van der Waals surface area contributed by atoms with Crippen molar-refractivity contribution in [2.45, 2.75) is 45.7 Å². The quantitative estimate of drug-likeness (QED) is 0.796. The van der Waals surface area contributed by atoms with Crippen molar-refractivity contribution in [2.75, 3.05) is 12.4 Å². The Morgan fingerprint density at radius 3 is 2.55 bits per heavy atom. The van der Waals surface area contributed by atoms with Gasteiger partial charge in [0.15, 0.2) is 0 Å². The van der Waals surface area contributed by atoms with Crippen LogP contribution in [0.5, 0.6) is 5.75 Å². The van der Waals surface area contributed by atoms with Gasteiger partial charge in [0, 0.05) is 16.6 Å². The van der Waals surface area contributed by atoms with Gasteiger partial charge in [-0.05, 0) is 47.8 Å². The average Bonchev–Trinajstić information content (AvgIpc) is 2.46. The summed E-state index contributed by atoms with van der Waals surface area (Å²) >= 11 is 3.47. The van der Waals surface area contributed by atoms with Crippen molar-refractivity contribution in [3.8, 4) is 5.75 Å². The number of carbonyl (C=O) groups is 1. The molecule has 1 atom stereocenters. The molecule has 0 aliphatic heterocycles. The SMILES string of the molecule is CCC(CC)NC(=O)C(C)Nc1cc(OC)ccc1Br. The van der Waals surface area contributed by atoms with Gasteiger partial charge in [-0.15, -0.1) is 0 Å². The number of hydrogen-bond acceptors (Lipinski definition) is 3. The summed E-state index contributed by atoms with van der Waals surface area (Å²) in [6.07, 6.45) is 1.88. The lowest BCUT2D eigenvalue weighted by atomic mass is 10.1. The molecule has 0 aliphatic rings. The second kappa shape index (κ2) is 8.15. The Balaban J connectivity index is 2.70. The average molecular weight is 343 g/mol. The maximum absolute atomic E-state index is 12.1. The molecule has 4 nitrogen and oxygen atoms in total. The Hall–Kier alpha value is -1.23. The van der Waals surface area contributed by atoms with Gasteiger partial charge in [0.2, 0.25) is 5.91 Å². The molecule has 112 valence electrons. The predicted octanol–water partition coefficient (Wildman–Crippen LogP) is 3.56. The molecule has 1 aromatic carbocycles. The second-order valence-corrected chi connectivity index (χ2v) is 5.59. The molecule has 2 N–H and O–H groups in total. The first-order chi connectivity index (χ1) is 9.51. The summed E-state index contributed by atoms with van der Waals surface area (Å²) in [5.74, 6) is 0.761. The molecule has 0 heterocycles. The van der Waals surface area contributed by atoms with E-state index in [4.69, 9.17) is 4.74 Å². The van der Waals surface area contributed by atoms with Crippen LogP contribution in [-0.2, 0) is 4.79 Å². The van der Waals surface area contributed by atoms with Crippen molar-refractivity contribution in [1.82, 2.24) is 5.32 Å². The van der Waals surface area contributed by atoms with Gasteiger partial charge in [0.05, 0.1) is 12.8 Å².